The molecule has 0 saturated carbocycles. The zero-order chi connectivity index (χ0) is 13.7. The van der Waals surface area contributed by atoms with Crippen molar-refractivity contribution in [2.24, 2.45) is 0 Å². The summed E-state index contributed by atoms with van der Waals surface area (Å²) in [5.41, 5.74) is 3.27. The fourth-order valence-electron chi connectivity index (χ4n) is 2.09. The lowest BCUT2D eigenvalue weighted by atomic mass is 10.1. The number of aryl methyl sites for hydroxylation is 1. The van der Waals surface area contributed by atoms with E-state index in [9.17, 15) is 0 Å². The summed E-state index contributed by atoms with van der Waals surface area (Å²) >= 11 is 0. The molecule has 4 heteroatoms. The molecule has 1 heterocycles. The Kier molecular flexibility index (Phi) is 4.71. The highest BCUT2D eigenvalue weighted by atomic mass is 16.5. The molecule has 0 saturated heterocycles. The number of aromatic nitrogens is 1. The number of pyridine rings is 1. The number of ether oxygens (including phenoxy) is 2. The van der Waals surface area contributed by atoms with Gasteiger partial charge in [0, 0.05) is 31.3 Å². The third-order valence-electron chi connectivity index (χ3n) is 3.03. The molecule has 0 aliphatic rings. The van der Waals surface area contributed by atoms with Crippen LogP contribution in [0.2, 0.25) is 0 Å². The Balaban J connectivity index is 2.28. The number of methoxy groups -OCH3 is 2. The maximum atomic E-state index is 5.28. The van der Waals surface area contributed by atoms with Crippen molar-refractivity contribution >= 4 is 10.9 Å². The summed E-state index contributed by atoms with van der Waals surface area (Å²) < 4.78 is 10.3. The molecule has 19 heavy (non-hydrogen) atoms. The predicted octanol–water partition coefficient (Wildman–Crippen LogP) is 2.29. The topological polar surface area (TPSA) is 43.4 Å². The van der Waals surface area contributed by atoms with Gasteiger partial charge in [0.1, 0.15) is 5.75 Å². The molecule has 0 bridgehead atoms. The van der Waals surface area contributed by atoms with E-state index in [1.165, 1.54) is 5.56 Å². The normalized spacial score (nSPS) is 10.9. The van der Waals surface area contributed by atoms with E-state index in [-0.39, 0.29) is 0 Å². The molecule has 0 aliphatic heterocycles. The van der Waals surface area contributed by atoms with E-state index in [1.54, 1.807) is 14.2 Å². The highest BCUT2D eigenvalue weighted by molar-refractivity contribution is 5.83. The highest BCUT2D eigenvalue weighted by Crippen LogP contribution is 2.23. The number of benzene rings is 1. The van der Waals surface area contributed by atoms with Gasteiger partial charge in [-0.2, -0.15) is 0 Å². The van der Waals surface area contributed by atoms with Crippen LogP contribution in [0, 0.1) is 6.92 Å². The largest absolute Gasteiger partial charge is 0.497 e. The molecule has 1 N–H and O–H groups in total. The first-order valence-corrected chi connectivity index (χ1v) is 6.38. The molecule has 0 unspecified atom stereocenters. The fourth-order valence-corrected chi connectivity index (χ4v) is 2.09. The number of hydrogen-bond acceptors (Lipinski definition) is 4. The summed E-state index contributed by atoms with van der Waals surface area (Å²) in [6, 6.07) is 8.09. The van der Waals surface area contributed by atoms with Crippen LogP contribution in [0.5, 0.6) is 5.75 Å². The van der Waals surface area contributed by atoms with Crippen LogP contribution in [0.4, 0.5) is 0 Å². The third kappa shape index (κ3) is 3.43. The molecule has 2 rings (SSSR count). The quantitative estimate of drug-likeness (QED) is 0.809. The van der Waals surface area contributed by atoms with Crippen molar-refractivity contribution in [1.29, 1.82) is 0 Å². The molecule has 2 aromatic rings. The molecule has 0 radical (unpaired) electrons. The van der Waals surface area contributed by atoms with Crippen LogP contribution >= 0.6 is 0 Å². The van der Waals surface area contributed by atoms with Crippen LogP contribution in [0.1, 0.15) is 11.3 Å². The molecule has 0 amide bonds. The number of nitrogens with one attached hydrogen (secondary N) is 1. The summed E-state index contributed by atoms with van der Waals surface area (Å²) in [5, 5.41) is 4.50. The zero-order valence-corrected chi connectivity index (χ0v) is 11.7. The number of nitrogens with zero attached hydrogens (tertiary/aromatic N) is 1. The van der Waals surface area contributed by atoms with E-state index in [0.29, 0.717) is 6.61 Å². The molecule has 0 spiro atoms. The van der Waals surface area contributed by atoms with Gasteiger partial charge in [-0.05, 0) is 36.8 Å². The van der Waals surface area contributed by atoms with Gasteiger partial charge in [-0.15, -0.1) is 0 Å². The van der Waals surface area contributed by atoms with Crippen LogP contribution in [-0.2, 0) is 11.3 Å². The predicted molar refractivity (Wildman–Crippen MR) is 76.6 cm³/mol. The average molecular weight is 260 g/mol. The molecule has 0 aliphatic carbocycles. The highest BCUT2D eigenvalue weighted by Gasteiger charge is 2.05. The monoisotopic (exact) mass is 260 g/mol. The van der Waals surface area contributed by atoms with E-state index in [0.717, 1.165) is 35.4 Å². The molecule has 0 atom stereocenters. The van der Waals surface area contributed by atoms with Crippen molar-refractivity contribution in [1.82, 2.24) is 10.3 Å². The summed E-state index contributed by atoms with van der Waals surface area (Å²) in [5.74, 6) is 0.858. The first-order valence-electron chi connectivity index (χ1n) is 6.38. The molecule has 0 fully saturated rings. The first-order chi connectivity index (χ1) is 9.24. The lowest BCUT2D eigenvalue weighted by Crippen LogP contribution is -2.18. The van der Waals surface area contributed by atoms with Crippen molar-refractivity contribution in [3.05, 3.63) is 35.5 Å². The van der Waals surface area contributed by atoms with Crippen LogP contribution in [0.25, 0.3) is 10.9 Å². The van der Waals surface area contributed by atoms with E-state index in [4.69, 9.17) is 9.47 Å². The van der Waals surface area contributed by atoms with Gasteiger partial charge < -0.3 is 14.8 Å². The van der Waals surface area contributed by atoms with Crippen molar-refractivity contribution in [2.45, 2.75) is 13.5 Å². The Hall–Kier alpha value is -1.65. The minimum Gasteiger partial charge on any atom is -0.497 e. The number of rotatable bonds is 6. The molecular weight excluding hydrogens is 240 g/mol. The first kappa shape index (κ1) is 13.8. The SMILES string of the molecule is COCCNCc1cc(C)nc2ccc(OC)cc12. The summed E-state index contributed by atoms with van der Waals surface area (Å²) in [6.45, 7) is 4.37. The minimum atomic E-state index is 0.714. The Morgan fingerprint density at radius 3 is 2.79 bits per heavy atom. The van der Waals surface area contributed by atoms with E-state index in [1.807, 2.05) is 25.1 Å². The van der Waals surface area contributed by atoms with Crippen LogP contribution in [0.15, 0.2) is 24.3 Å². The van der Waals surface area contributed by atoms with Crippen LogP contribution in [-0.4, -0.2) is 32.4 Å². The van der Waals surface area contributed by atoms with E-state index in [2.05, 4.69) is 16.4 Å². The zero-order valence-electron chi connectivity index (χ0n) is 11.7. The van der Waals surface area contributed by atoms with E-state index < -0.39 is 0 Å². The van der Waals surface area contributed by atoms with Gasteiger partial charge in [0.15, 0.2) is 0 Å². The van der Waals surface area contributed by atoms with Gasteiger partial charge in [0.2, 0.25) is 0 Å². The summed E-state index contributed by atoms with van der Waals surface area (Å²) in [7, 11) is 3.39. The second kappa shape index (κ2) is 6.50. The lowest BCUT2D eigenvalue weighted by Gasteiger charge is -2.10. The molecule has 102 valence electrons. The molecule has 1 aromatic carbocycles. The van der Waals surface area contributed by atoms with E-state index >= 15 is 0 Å². The standard InChI is InChI=1S/C15H20N2O2/c1-11-8-12(10-16-6-7-18-2)14-9-13(19-3)4-5-15(14)17-11/h4-5,8-9,16H,6-7,10H2,1-3H3. The Bertz CT molecular complexity index is 555. The number of hydrogen-bond donors (Lipinski definition) is 1. The lowest BCUT2D eigenvalue weighted by molar-refractivity contribution is 0.199. The van der Waals surface area contributed by atoms with Gasteiger partial charge >= 0.3 is 0 Å². The smallest absolute Gasteiger partial charge is 0.119 e. The van der Waals surface area contributed by atoms with Crippen LogP contribution < -0.4 is 10.1 Å². The summed E-state index contributed by atoms with van der Waals surface area (Å²) in [6.07, 6.45) is 0. The van der Waals surface area contributed by atoms with Gasteiger partial charge in [0.05, 0.1) is 19.2 Å². The Morgan fingerprint density at radius 2 is 2.05 bits per heavy atom. The van der Waals surface area contributed by atoms with Crippen LogP contribution in [0.3, 0.4) is 0 Å². The Morgan fingerprint density at radius 1 is 1.21 bits per heavy atom. The van der Waals surface area contributed by atoms with Crippen molar-refractivity contribution in [2.75, 3.05) is 27.4 Å². The third-order valence-corrected chi connectivity index (χ3v) is 3.03. The van der Waals surface area contributed by atoms with Gasteiger partial charge in [-0.25, -0.2) is 0 Å². The summed E-state index contributed by atoms with van der Waals surface area (Å²) in [4.78, 5) is 4.55. The maximum absolute atomic E-state index is 5.28. The second-order valence-electron chi connectivity index (χ2n) is 4.48. The van der Waals surface area contributed by atoms with Crippen molar-refractivity contribution < 1.29 is 9.47 Å². The van der Waals surface area contributed by atoms with Crippen molar-refractivity contribution in [3.8, 4) is 5.75 Å². The minimum absolute atomic E-state index is 0.714. The molecule has 4 nitrogen and oxygen atoms in total. The Labute approximate surface area is 113 Å². The fraction of sp³-hybridized carbons (Fsp3) is 0.400. The van der Waals surface area contributed by atoms with Gasteiger partial charge in [0.25, 0.3) is 0 Å². The average Bonchev–Trinajstić information content (AvgIpc) is 2.43. The second-order valence-corrected chi connectivity index (χ2v) is 4.48. The van der Waals surface area contributed by atoms with Gasteiger partial charge in [-0.3, -0.25) is 4.98 Å². The molecular formula is C15H20N2O2. The van der Waals surface area contributed by atoms with Gasteiger partial charge in [-0.1, -0.05) is 0 Å². The maximum Gasteiger partial charge on any atom is 0.119 e. The van der Waals surface area contributed by atoms with Crippen molar-refractivity contribution in [3.63, 3.8) is 0 Å². The molecule has 1 aromatic heterocycles. The number of fused-ring (bicyclic) bond motifs is 1.